The maximum absolute atomic E-state index is 5.59. The first kappa shape index (κ1) is 8.36. The zero-order valence-electron chi connectivity index (χ0n) is 8.05. The monoisotopic (exact) mass is 173 g/mol. The Bertz CT molecular complexity index is 350. The van der Waals surface area contributed by atoms with E-state index in [0.717, 1.165) is 24.3 Å². The predicted octanol–water partition coefficient (Wildman–Crippen LogP) is 2.90. The first-order valence-corrected chi connectivity index (χ1v) is 4.58. The molecule has 1 heterocycles. The fraction of sp³-hybridized carbons (Fsp3) is 0.333. The summed E-state index contributed by atoms with van der Waals surface area (Å²) in [6, 6.07) is 4.26. The van der Waals surface area contributed by atoms with Crippen molar-refractivity contribution in [1.29, 1.82) is 0 Å². The van der Waals surface area contributed by atoms with Crippen molar-refractivity contribution >= 4 is 6.08 Å². The number of benzene rings is 1. The van der Waals surface area contributed by atoms with Crippen LogP contribution in [0.3, 0.4) is 0 Å². The van der Waals surface area contributed by atoms with Crippen LogP contribution < -0.4 is 4.74 Å². The molecule has 1 heteroatoms. The molecule has 0 amide bonds. The lowest BCUT2D eigenvalue weighted by Crippen LogP contribution is -1.96. The molecule has 1 aromatic carbocycles. The molecule has 0 unspecified atom stereocenters. The topological polar surface area (TPSA) is 9.23 Å². The van der Waals surface area contributed by atoms with Crippen LogP contribution in [0, 0.1) is 19.9 Å². The molecule has 1 radical (unpaired) electrons. The smallest absolute Gasteiger partial charge is 0.126 e. The van der Waals surface area contributed by atoms with Crippen molar-refractivity contribution in [2.45, 2.75) is 20.3 Å². The molecular weight excluding hydrogens is 160 g/mol. The van der Waals surface area contributed by atoms with E-state index in [0.29, 0.717) is 0 Å². The van der Waals surface area contributed by atoms with Crippen LogP contribution in [0.15, 0.2) is 12.1 Å². The van der Waals surface area contributed by atoms with Gasteiger partial charge in [-0.2, -0.15) is 0 Å². The largest absolute Gasteiger partial charge is 0.493 e. The molecule has 1 nitrogen and oxygen atoms in total. The Morgan fingerprint density at radius 2 is 2.00 bits per heavy atom. The fourth-order valence-electron chi connectivity index (χ4n) is 1.45. The molecule has 0 saturated carbocycles. The van der Waals surface area contributed by atoms with Crippen molar-refractivity contribution in [3.05, 3.63) is 34.9 Å². The second-order valence-corrected chi connectivity index (χ2v) is 3.42. The first-order chi connectivity index (χ1) is 6.27. The summed E-state index contributed by atoms with van der Waals surface area (Å²) in [7, 11) is 0. The Hall–Kier alpha value is -1.24. The van der Waals surface area contributed by atoms with Gasteiger partial charge in [0.1, 0.15) is 5.75 Å². The number of fused-ring (bicyclic) bond motifs is 1. The molecule has 67 valence electrons. The van der Waals surface area contributed by atoms with Crippen molar-refractivity contribution in [2.24, 2.45) is 0 Å². The van der Waals surface area contributed by atoms with Crippen LogP contribution in [0.4, 0.5) is 0 Å². The summed E-state index contributed by atoms with van der Waals surface area (Å²) in [6.45, 7) is 4.97. The van der Waals surface area contributed by atoms with Crippen LogP contribution in [0.2, 0.25) is 0 Å². The van der Waals surface area contributed by atoms with E-state index in [2.05, 4.69) is 32.1 Å². The second-order valence-electron chi connectivity index (χ2n) is 3.42. The van der Waals surface area contributed by atoms with Gasteiger partial charge in [-0.25, -0.2) is 0 Å². The molecule has 1 aliphatic heterocycles. The highest BCUT2D eigenvalue weighted by atomic mass is 16.5. The average Bonchev–Trinajstić information content (AvgIpc) is 2.31. The van der Waals surface area contributed by atoms with E-state index in [1.165, 1.54) is 11.1 Å². The van der Waals surface area contributed by atoms with E-state index in [1.807, 2.05) is 6.08 Å². The molecule has 0 fully saturated rings. The van der Waals surface area contributed by atoms with Crippen LogP contribution in [0.25, 0.3) is 6.08 Å². The van der Waals surface area contributed by atoms with Crippen LogP contribution in [-0.4, -0.2) is 6.61 Å². The number of hydrogen-bond donors (Lipinski definition) is 0. The van der Waals surface area contributed by atoms with Crippen LogP contribution >= 0.6 is 0 Å². The first-order valence-electron chi connectivity index (χ1n) is 4.58. The van der Waals surface area contributed by atoms with Gasteiger partial charge < -0.3 is 4.74 Å². The summed E-state index contributed by atoms with van der Waals surface area (Å²) >= 11 is 0. The minimum atomic E-state index is 0.742. The van der Waals surface area contributed by atoms with E-state index >= 15 is 0 Å². The molecule has 1 aromatic rings. The molecule has 1 aliphatic rings. The molecule has 0 aromatic heterocycles. The summed E-state index contributed by atoms with van der Waals surface area (Å²) < 4.78 is 5.59. The lowest BCUT2D eigenvalue weighted by Gasteiger charge is -2.09. The standard InChI is InChI=1S/C12H13O/c1-9-7-11-5-3-4-6-13-12(11)8-10(9)2/h5,7-8H,4,6H2,1-2H3. The van der Waals surface area contributed by atoms with Crippen molar-refractivity contribution in [3.8, 4) is 5.75 Å². The van der Waals surface area contributed by atoms with Crippen molar-refractivity contribution in [2.75, 3.05) is 6.61 Å². The minimum Gasteiger partial charge on any atom is -0.493 e. The summed E-state index contributed by atoms with van der Waals surface area (Å²) in [5.41, 5.74) is 3.75. The van der Waals surface area contributed by atoms with E-state index in [1.54, 1.807) is 0 Å². The zero-order chi connectivity index (χ0) is 9.26. The summed E-state index contributed by atoms with van der Waals surface area (Å²) in [5.74, 6) is 0.994. The fourth-order valence-corrected chi connectivity index (χ4v) is 1.45. The third kappa shape index (κ3) is 1.59. The van der Waals surface area contributed by atoms with Gasteiger partial charge in [-0.3, -0.25) is 0 Å². The zero-order valence-corrected chi connectivity index (χ0v) is 8.05. The third-order valence-corrected chi connectivity index (χ3v) is 2.39. The molecule has 0 spiro atoms. The second kappa shape index (κ2) is 3.25. The van der Waals surface area contributed by atoms with Gasteiger partial charge in [0.15, 0.2) is 0 Å². The Morgan fingerprint density at radius 3 is 2.85 bits per heavy atom. The molecule has 0 atom stereocenters. The normalized spacial score (nSPS) is 14.6. The van der Waals surface area contributed by atoms with Crippen LogP contribution in [0.5, 0.6) is 5.75 Å². The van der Waals surface area contributed by atoms with Gasteiger partial charge in [0.2, 0.25) is 0 Å². The van der Waals surface area contributed by atoms with Gasteiger partial charge in [-0.1, -0.05) is 0 Å². The molecule has 13 heavy (non-hydrogen) atoms. The highest BCUT2D eigenvalue weighted by molar-refractivity contribution is 5.59. The molecule has 0 N–H and O–H groups in total. The number of ether oxygens (including phenoxy) is 1. The number of rotatable bonds is 0. The maximum Gasteiger partial charge on any atom is 0.126 e. The van der Waals surface area contributed by atoms with Gasteiger partial charge in [0.05, 0.1) is 6.61 Å². The summed E-state index contributed by atoms with van der Waals surface area (Å²) in [6.07, 6.45) is 6.10. The minimum absolute atomic E-state index is 0.742. The Morgan fingerprint density at radius 1 is 1.23 bits per heavy atom. The average molecular weight is 173 g/mol. The van der Waals surface area contributed by atoms with E-state index in [9.17, 15) is 0 Å². The molecular formula is C12H13O. The van der Waals surface area contributed by atoms with Gasteiger partial charge >= 0.3 is 0 Å². The van der Waals surface area contributed by atoms with Gasteiger partial charge in [-0.05, 0) is 49.3 Å². The molecule has 0 aliphatic carbocycles. The Balaban J connectivity index is 2.52. The lowest BCUT2D eigenvalue weighted by molar-refractivity contribution is 0.325. The lowest BCUT2D eigenvalue weighted by atomic mass is 10.0. The highest BCUT2D eigenvalue weighted by Crippen LogP contribution is 2.26. The van der Waals surface area contributed by atoms with Crippen molar-refractivity contribution < 1.29 is 4.74 Å². The van der Waals surface area contributed by atoms with Gasteiger partial charge in [0, 0.05) is 12.0 Å². The third-order valence-electron chi connectivity index (χ3n) is 2.39. The predicted molar refractivity (Wildman–Crippen MR) is 53.7 cm³/mol. The van der Waals surface area contributed by atoms with Gasteiger partial charge in [-0.15, -0.1) is 0 Å². The molecule has 0 bridgehead atoms. The number of hydrogen-bond acceptors (Lipinski definition) is 1. The maximum atomic E-state index is 5.59. The van der Waals surface area contributed by atoms with E-state index in [-0.39, 0.29) is 0 Å². The quantitative estimate of drug-likeness (QED) is 0.586. The van der Waals surface area contributed by atoms with Crippen molar-refractivity contribution in [1.82, 2.24) is 0 Å². The van der Waals surface area contributed by atoms with Crippen molar-refractivity contribution in [3.63, 3.8) is 0 Å². The summed E-state index contributed by atoms with van der Waals surface area (Å²) in [5, 5.41) is 0. The van der Waals surface area contributed by atoms with Crippen LogP contribution in [0.1, 0.15) is 23.1 Å². The summed E-state index contributed by atoms with van der Waals surface area (Å²) in [4.78, 5) is 0. The number of aryl methyl sites for hydroxylation is 2. The van der Waals surface area contributed by atoms with Crippen LogP contribution in [-0.2, 0) is 0 Å². The molecule has 0 saturated heterocycles. The van der Waals surface area contributed by atoms with E-state index < -0.39 is 0 Å². The SMILES string of the molecule is Cc1cc2c(cc1C)OCC[C]=C2. The Kier molecular flexibility index (Phi) is 2.09. The Labute approximate surface area is 79.0 Å². The van der Waals surface area contributed by atoms with Gasteiger partial charge in [0.25, 0.3) is 0 Å². The highest BCUT2D eigenvalue weighted by Gasteiger charge is 2.06. The molecule has 2 rings (SSSR count). The van der Waals surface area contributed by atoms with E-state index in [4.69, 9.17) is 4.74 Å².